The van der Waals surface area contributed by atoms with E-state index in [-0.39, 0.29) is 12.3 Å². The summed E-state index contributed by atoms with van der Waals surface area (Å²) >= 11 is 0. The average Bonchev–Trinajstić information content (AvgIpc) is 2.86. The molecule has 2 aromatic rings. The number of nitrogens with one attached hydrogen (secondary N) is 1. The fourth-order valence-electron chi connectivity index (χ4n) is 1.74. The van der Waals surface area contributed by atoms with Crippen molar-refractivity contribution < 1.29 is 23.0 Å². The highest BCUT2D eigenvalue weighted by atomic mass is 19.4. The van der Waals surface area contributed by atoms with Crippen molar-refractivity contribution in [3.63, 3.8) is 0 Å². The van der Waals surface area contributed by atoms with E-state index in [0.717, 1.165) is 6.07 Å². The first-order valence-corrected chi connectivity index (χ1v) is 5.66. The summed E-state index contributed by atoms with van der Waals surface area (Å²) in [6.07, 6.45) is -4.52. The van der Waals surface area contributed by atoms with Crippen LogP contribution < -0.4 is 0 Å². The summed E-state index contributed by atoms with van der Waals surface area (Å²) < 4.78 is 42.7. The number of aromatic amines is 1. The van der Waals surface area contributed by atoms with E-state index >= 15 is 0 Å². The molecule has 2 N–H and O–H groups in total. The van der Waals surface area contributed by atoms with Gasteiger partial charge >= 0.3 is 6.18 Å². The van der Waals surface area contributed by atoms with Gasteiger partial charge in [0.1, 0.15) is 11.8 Å². The molecule has 20 heavy (non-hydrogen) atoms. The number of H-pyrrole nitrogens is 1. The minimum atomic E-state index is -4.55. The zero-order valence-electron chi connectivity index (χ0n) is 10.5. The number of hydrogen-bond donors (Lipinski definition) is 2. The van der Waals surface area contributed by atoms with Crippen molar-refractivity contribution >= 4 is 0 Å². The van der Waals surface area contributed by atoms with Gasteiger partial charge in [-0.3, -0.25) is 5.10 Å². The number of ether oxygens (including phenoxy) is 1. The summed E-state index contributed by atoms with van der Waals surface area (Å²) in [6.45, 7) is 0.158. The molecule has 2 aromatic heterocycles. The summed E-state index contributed by atoms with van der Waals surface area (Å²) in [5, 5.41) is 16.5. The van der Waals surface area contributed by atoms with Crippen LogP contribution in [0.25, 0.3) is 0 Å². The Kier molecular flexibility index (Phi) is 4.05. The number of methoxy groups -OCH3 is 1. The Balaban J connectivity index is 2.33. The van der Waals surface area contributed by atoms with E-state index in [1.54, 1.807) is 0 Å². The number of hydrogen-bond acceptors (Lipinski definition) is 4. The van der Waals surface area contributed by atoms with Crippen LogP contribution in [0.4, 0.5) is 13.2 Å². The molecule has 0 aliphatic heterocycles. The lowest BCUT2D eigenvalue weighted by atomic mass is 10.1. The second-order valence-corrected chi connectivity index (χ2v) is 4.08. The number of aromatic nitrogens is 3. The standard InChI is InChI=1S/C12H12F3N3O2/c1-20-6-9-7(5-16-18-9)11(19)8-3-2-4-10(17-8)12(13,14)15/h2-5,11,19H,6H2,1H3,(H,16,18). The molecular weight excluding hydrogens is 275 g/mol. The second kappa shape index (κ2) is 5.59. The zero-order chi connectivity index (χ0) is 14.8. The van der Waals surface area contributed by atoms with Crippen LogP contribution in [0.1, 0.15) is 28.7 Å². The lowest BCUT2D eigenvalue weighted by molar-refractivity contribution is -0.141. The van der Waals surface area contributed by atoms with Crippen molar-refractivity contribution in [3.8, 4) is 0 Å². The highest BCUT2D eigenvalue weighted by Gasteiger charge is 2.33. The van der Waals surface area contributed by atoms with Gasteiger partial charge in [0.25, 0.3) is 0 Å². The molecule has 0 fully saturated rings. The highest BCUT2D eigenvalue weighted by molar-refractivity contribution is 5.28. The van der Waals surface area contributed by atoms with Gasteiger partial charge < -0.3 is 9.84 Å². The number of aliphatic hydroxyl groups is 1. The van der Waals surface area contributed by atoms with E-state index < -0.39 is 18.0 Å². The minimum Gasteiger partial charge on any atom is -0.382 e. The Morgan fingerprint density at radius 1 is 1.40 bits per heavy atom. The van der Waals surface area contributed by atoms with Crippen LogP contribution in [0.15, 0.2) is 24.4 Å². The Hall–Kier alpha value is -1.93. The Morgan fingerprint density at radius 2 is 2.15 bits per heavy atom. The van der Waals surface area contributed by atoms with Gasteiger partial charge in [0.05, 0.1) is 24.2 Å². The molecule has 2 heterocycles. The molecule has 0 aliphatic rings. The first-order valence-electron chi connectivity index (χ1n) is 5.66. The zero-order valence-corrected chi connectivity index (χ0v) is 10.5. The number of aliphatic hydroxyl groups excluding tert-OH is 1. The smallest absolute Gasteiger partial charge is 0.382 e. The molecule has 0 aliphatic carbocycles. The predicted octanol–water partition coefficient (Wildman–Crippen LogP) is 2.05. The number of alkyl halides is 3. The summed E-state index contributed by atoms with van der Waals surface area (Å²) in [4.78, 5) is 3.44. The van der Waals surface area contributed by atoms with Crippen LogP contribution in [-0.2, 0) is 17.5 Å². The van der Waals surface area contributed by atoms with Gasteiger partial charge in [0.2, 0.25) is 0 Å². The largest absolute Gasteiger partial charge is 0.433 e. The maximum atomic E-state index is 12.6. The lowest BCUT2D eigenvalue weighted by Crippen LogP contribution is -2.12. The van der Waals surface area contributed by atoms with Crippen LogP contribution in [0.2, 0.25) is 0 Å². The minimum absolute atomic E-state index is 0.0985. The van der Waals surface area contributed by atoms with E-state index in [9.17, 15) is 18.3 Å². The third-order valence-corrected chi connectivity index (χ3v) is 2.68. The Labute approximate surface area is 112 Å². The van der Waals surface area contributed by atoms with Crippen LogP contribution in [0.3, 0.4) is 0 Å². The van der Waals surface area contributed by atoms with Gasteiger partial charge in [0, 0.05) is 12.7 Å². The van der Waals surface area contributed by atoms with E-state index in [4.69, 9.17) is 4.74 Å². The predicted molar refractivity (Wildman–Crippen MR) is 62.6 cm³/mol. The van der Waals surface area contributed by atoms with Crippen LogP contribution >= 0.6 is 0 Å². The van der Waals surface area contributed by atoms with Crippen molar-refractivity contribution in [2.75, 3.05) is 7.11 Å². The molecule has 108 valence electrons. The fraction of sp³-hybridized carbons (Fsp3) is 0.333. The molecule has 0 bridgehead atoms. The molecule has 5 nitrogen and oxygen atoms in total. The van der Waals surface area contributed by atoms with Crippen LogP contribution in [0.5, 0.6) is 0 Å². The molecule has 0 saturated carbocycles. The van der Waals surface area contributed by atoms with Crippen LogP contribution in [-0.4, -0.2) is 27.4 Å². The first-order chi connectivity index (χ1) is 9.43. The Morgan fingerprint density at radius 3 is 2.80 bits per heavy atom. The van der Waals surface area contributed by atoms with E-state index in [0.29, 0.717) is 11.3 Å². The average molecular weight is 287 g/mol. The summed E-state index contributed by atoms with van der Waals surface area (Å²) in [6, 6.07) is 3.37. The first kappa shape index (κ1) is 14.5. The van der Waals surface area contributed by atoms with E-state index in [2.05, 4.69) is 15.2 Å². The lowest BCUT2D eigenvalue weighted by Gasteiger charge is -2.12. The molecule has 2 rings (SSSR count). The maximum absolute atomic E-state index is 12.6. The van der Waals surface area contributed by atoms with Gasteiger partial charge in [0.15, 0.2) is 0 Å². The maximum Gasteiger partial charge on any atom is 0.433 e. The normalized spacial score (nSPS) is 13.4. The molecule has 0 spiro atoms. The highest BCUT2D eigenvalue weighted by Crippen LogP contribution is 2.30. The van der Waals surface area contributed by atoms with Gasteiger partial charge in [-0.25, -0.2) is 4.98 Å². The summed E-state index contributed by atoms with van der Waals surface area (Å²) in [5.74, 6) is 0. The van der Waals surface area contributed by atoms with E-state index in [1.165, 1.54) is 25.4 Å². The molecule has 8 heteroatoms. The molecule has 0 amide bonds. The number of halogens is 3. The second-order valence-electron chi connectivity index (χ2n) is 4.08. The molecule has 1 atom stereocenters. The molecule has 0 radical (unpaired) electrons. The molecule has 0 aromatic carbocycles. The third kappa shape index (κ3) is 2.97. The van der Waals surface area contributed by atoms with Gasteiger partial charge in [-0.05, 0) is 12.1 Å². The van der Waals surface area contributed by atoms with Crippen molar-refractivity contribution in [1.29, 1.82) is 0 Å². The van der Waals surface area contributed by atoms with Crippen molar-refractivity contribution in [1.82, 2.24) is 15.2 Å². The topological polar surface area (TPSA) is 71.0 Å². The summed E-state index contributed by atoms with van der Waals surface area (Å²) in [7, 11) is 1.46. The monoisotopic (exact) mass is 287 g/mol. The number of rotatable bonds is 4. The third-order valence-electron chi connectivity index (χ3n) is 2.68. The van der Waals surface area contributed by atoms with Crippen molar-refractivity contribution in [2.24, 2.45) is 0 Å². The SMILES string of the molecule is COCc1[nH]ncc1C(O)c1cccc(C(F)(F)F)n1. The molecule has 1 unspecified atom stereocenters. The number of pyridine rings is 1. The molecular formula is C12H12F3N3O2. The van der Waals surface area contributed by atoms with Crippen molar-refractivity contribution in [3.05, 3.63) is 47.0 Å². The molecule has 0 saturated heterocycles. The fourth-order valence-corrected chi connectivity index (χ4v) is 1.74. The van der Waals surface area contributed by atoms with E-state index in [1.807, 2.05) is 0 Å². The van der Waals surface area contributed by atoms with Gasteiger partial charge in [-0.1, -0.05) is 6.07 Å². The van der Waals surface area contributed by atoms with Crippen LogP contribution in [0, 0.1) is 0 Å². The van der Waals surface area contributed by atoms with Crippen molar-refractivity contribution in [2.45, 2.75) is 18.9 Å². The quantitative estimate of drug-likeness (QED) is 0.903. The summed E-state index contributed by atoms with van der Waals surface area (Å²) in [5.41, 5.74) is -0.331. The number of nitrogens with zero attached hydrogens (tertiary/aromatic N) is 2. The van der Waals surface area contributed by atoms with Gasteiger partial charge in [-0.15, -0.1) is 0 Å². The Bertz CT molecular complexity index is 583. The van der Waals surface area contributed by atoms with Gasteiger partial charge in [-0.2, -0.15) is 18.3 Å².